The maximum Gasteiger partial charge on any atom is 0.288 e. The number of fused-ring (bicyclic) bond motifs is 1. The number of rotatable bonds is 1. The standard InChI is InChI=1S/C10H8N2O3/c13-9-5-6-10(14)12(11-15)8-4-2-1-3-7(8)9/h1-4H,5-6H2/p+1. The number of benzene rings is 1. The number of para-hydroxylation sites is 1. The van der Waals surface area contributed by atoms with Gasteiger partial charge in [0, 0.05) is 23.3 Å². The maximum absolute atomic E-state index is 11.6. The molecule has 1 aromatic carbocycles. The summed E-state index contributed by atoms with van der Waals surface area (Å²) in [5.41, 5.74) is 0.742. The molecule has 2 rings (SSSR count). The van der Waals surface area contributed by atoms with Crippen LogP contribution in [0.4, 0.5) is 5.69 Å². The Hall–Kier alpha value is -2.04. The third-order valence-corrected chi connectivity index (χ3v) is 2.35. The van der Waals surface area contributed by atoms with Crippen LogP contribution in [-0.2, 0) is 4.79 Å². The first-order valence-corrected chi connectivity index (χ1v) is 4.57. The summed E-state index contributed by atoms with van der Waals surface area (Å²) in [6.07, 6.45) is 0.205. The lowest BCUT2D eigenvalue weighted by Crippen LogP contribution is -2.80. The highest BCUT2D eigenvalue weighted by Gasteiger charge is 2.30. The van der Waals surface area contributed by atoms with E-state index in [0.717, 1.165) is 5.01 Å². The number of hydrazine groups is 1. The Morgan fingerprint density at radius 3 is 2.60 bits per heavy atom. The topological polar surface area (TPSA) is 68.4 Å². The molecule has 0 saturated heterocycles. The molecule has 0 radical (unpaired) electrons. The van der Waals surface area contributed by atoms with E-state index < -0.39 is 0 Å². The number of Topliss-reactive ketones (excluding diaryl/α,β-unsaturated/α-hetero) is 1. The highest BCUT2D eigenvalue weighted by atomic mass is 16.3. The van der Waals surface area contributed by atoms with Gasteiger partial charge < -0.3 is 0 Å². The van der Waals surface area contributed by atoms with Crippen molar-refractivity contribution in [3.8, 4) is 0 Å². The quantitative estimate of drug-likeness (QED) is 0.687. The van der Waals surface area contributed by atoms with Crippen molar-refractivity contribution in [1.29, 1.82) is 0 Å². The van der Waals surface area contributed by atoms with Gasteiger partial charge in [-0.1, -0.05) is 12.1 Å². The number of nitrogens with one attached hydrogen (secondary N) is 1. The van der Waals surface area contributed by atoms with Crippen molar-refractivity contribution in [2.24, 2.45) is 0 Å². The van der Waals surface area contributed by atoms with Crippen molar-refractivity contribution in [2.45, 2.75) is 12.8 Å². The van der Waals surface area contributed by atoms with E-state index in [1.807, 2.05) is 0 Å². The van der Waals surface area contributed by atoms with E-state index in [-0.39, 0.29) is 24.5 Å². The molecule has 0 bridgehead atoms. The van der Waals surface area contributed by atoms with Crippen molar-refractivity contribution >= 4 is 17.4 Å². The number of ketones is 1. The molecule has 1 amide bonds. The van der Waals surface area contributed by atoms with Crippen LogP contribution in [0.15, 0.2) is 24.3 Å². The summed E-state index contributed by atoms with van der Waals surface area (Å²) >= 11 is 0. The molecule has 0 unspecified atom stereocenters. The minimum atomic E-state index is -0.386. The van der Waals surface area contributed by atoms with E-state index in [2.05, 4.69) is 0 Å². The third kappa shape index (κ3) is 1.52. The zero-order valence-electron chi connectivity index (χ0n) is 7.90. The van der Waals surface area contributed by atoms with Gasteiger partial charge in [0.15, 0.2) is 5.78 Å². The highest BCUT2D eigenvalue weighted by Crippen LogP contribution is 2.23. The summed E-state index contributed by atoms with van der Waals surface area (Å²) in [4.78, 5) is 33.7. The second kappa shape index (κ2) is 3.61. The largest absolute Gasteiger partial charge is 0.294 e. The van der Waals surface area contributed by atoms with Crippen molar-refractivity contribution in [3.63, 3.8) is 0 Å². The number of nitrogens with zero attached hydrogens (tertiary/aromatic N) is 1. The van der Waals surface area contributed by atoms with Crippen molar-refractivity contribution in [2.75, 3.05) is 5.01 Å². The number of nitroso groups, excluding NO2 is 1. The van der Waals surface area contributed by atoms with Gasteiger partial charge in [-0.25, -0.2) is 0 Å². The fourth-order valence-electron chi connectivity index (χ4n) is 1.61. The Labute approximate surface area is 85.6 Å². The molecule has 1 aromatic rings. The predicted molar refractivity (Wildman–Crippen MR) is 51.8 cm³/mol. The van der Waals surface area contributed by atoms with E-state index in [0.29, 0.717) is 11.3 Å². The Morgan fingerprint density at radius 1 is 1.13 bits per heavy atom. The van der Waals surface area contributed by atoms with Gasteiger partial charge in [-0.2, -0.15) is 0 Å². The first-order chi connectivity index (χ1) is 7.24. The van der Waals surface area contributed by atoms with Gasteiger partial charge in [0.2, 0.25) is 0 Å². The minimum Gasteiger partial charge on any atom is -0.294 e. The average Bonchev–Trinajstić information content (AvgIpc) is 2.38. The summed E-state index contributed by atoms with van der Waals surface area (Å²) in [7, 11) is 0. The zero-order chi connectivity index (χ0) is 10.8. The van der Waals surface area contributed by atoms with Gasteiger partial charge in [-0.3, -0.25) is 9.59 Å². The average molecular weight is 205 g/mol. The lowest BCUT2D eigenvalue weighted by molar-refractivity contribution is -0.484. The molecule has 0 aliphatic carbocycles. The van der Waals surface area contributed by atoms with Gasteiger partial charge in [-0.05, 0) is 17.1 Å². The number of carbonyl (C=O) groups excluding carboxylic acids is 2. The molecule has 0 saturated carbocycles. The Kier molecular flexibility index (Phi) is 2.29. The van der Waals surface area contributed by atoms with E-state index in [9.17, 15) is 14.5 Å². The van der Waals surface area contributed by atoms with Crippen molar-refractivity contribution < 1.29 is 14.9 Å². The molecule has 0 fully saturated rings. The lowest BCUT2D eigenvalue weighted by atomic mass is 10.1. The second-order valence-corrected chi connectivity index (χ2v) is 3.26. The summed E-state index contributed by atoms with van der Waals surface area (Å²) in [5, 5.41) is 2.43. The van der Waals surface area contributed by atoms with E-state index in [1.165, 1.54) is 0 Å². The Morgan fingerprint density at radius 2 is 1.87 bits per heavy atom. The molecule has 1 aliphatic heterocycles. The highest BCUT2D eigenvalue weighted by molar-refractivity contribution is 6.08. The van der Waals surface area contributed by atoms with E-state index in [4.69, 9.17) is 0 Å². The van der Waals surface area contributed by atoms with Gasteiger partial charge in [-0.15, -0.1) is 0 Å². The normalized spacial score (nSPS) is 15.9. The fraction of sp³-hybridized carbons (Fsp3) is 0.200. The molecular formula is C10H9N2O3+. The van der Waals surface area contributed by atoms with Crippen LogP contribution in [0.5, 0.6) is 0 Å². The van der Waals surface area contributed by atoms with Crippen LogP contribution in [0.25, 0.3) is 0 Å². The summed E-state index contributed by atoms with van der Waals surface area (Å²) in [6, 6.07) is 6.56. The van der Waals surface area contributed by atoms with Crippen LogP contribution >= 0.6 is 0 Å². The number of amides is 1. The van der Waals surface area contributed by atoms with Crippen LogP contribution in [-0.4, -0.2) is 11.7 Å². The van der Waals surface area contributed by atoms with Gasteiger partial charge in [0.1, 0.15) is 11.0 Å². The molecule has 1 N–H and O–H groups in total. The molecule has 1 heterocycles. The van der Waals surface area contributed by atoms with Crippen molar-refractivity contribution in [3.05, 3.63) is 34.7 Å². The molecule has 0 aromatic heterocycles. The Bertz CT molecular complexity index is 442. The van der Waals surface area contributed by atoms with Crippen LogP contribution in [0.2, 0.25) is 0 Å². The lowest BCUT2D eigenvalue weighted by Gasteiger charge is -2.06. The number of hydrogen-bond donors (Lipinski definition) is 1. The molecule has 0 spiro atoms. The Balaban J connectivity index is 2.60. The molecule has 1 aliphatic rings. The van der Waals surface area contributed by atoms with Crippen LogP contribution in [0, 0.1) is 4.91 Å². The number of anilines is 1. The summed E-state index contributed by atoms with van der Waals surface area (Å²) in [6.45, 7) is 0. The molecule has 5 nitrogen and oxygen atoms in total. The molecule has 5 heteroatoms. The maximum atomic E-state index is 11.6. The monoisotopic (exact) mass is 205 g/mol. The first-order valence-electron chi connectivity index (χ1n) is 4.57. The summed E-state index contributed by atoms with van der Waals surface area (Å²) in [5.74, 6) is -0.500. The van der Waals surface area contributed by atoms with Gasteiger partial charge in [0.05, 0.1) is 0 Å². The first kappa shape index (κ1) is 9.51. The number of hydrogen-bond acceptors (Lipinski definition) is 3. The molecular weight excluding hydrogens is 196 g/mol. The molecule has 15 heavy (non-hydrogen) atoms. The van der Waals surface area contributed by atoms with Crippen molar-refractivity contribution in [1.82, 2.24) is 0 Å². The molecule has 76 valence electrons. The minimum absolute atomic E-state index is 0.0583. The van der Waals surface area contributed by atoms with Crippen LogP contribution in [0.1, 0.15) is 23.2 Å². The molecule has 0 atom stereocenters. The third-order valence-electron chi connectivity index (χ3n) is 2.35. The number of carbonyl (C=O) groups is 2. The van der Waals surface area contributed by atoms with E-state index in [1.54, 1.807) is 29.6 Å². The van der Waals surface area contributed by atoms with Gasteiger partial charge >= 0.3 is 0 Å². The van der Waals surface area contributed by atoms with E-state index >= 15 is 0 Å². The second-order valence-electron chi connectivity index (χ2n) is 3.26. The van der Waals surface area contributed by atoms with Crippen LogP contribution in [0.3, 0.4) is 0 Å². The van der Waals surface area contributed by atoms with Gasteiger partial charge in [0.25, 0.3) is 5.91 Å². The SMILES string of the molecule is O=[NH+]N1C(=O)CCC(=O)c2ccccc21. The summed E-state index contributed by atoms with van der Waals surface area (Å²) < 4.78 is 0. The fourth-order valence-corrected chi connectivity index (χ4v) is 1.61. The predicted octanol–water partition coefficient (Wildman–Crippen LogP) is -0.242. The zero-order valence-corrected chi connectivity index (χ0v) is 7.90. The smallest absolute Gasteiger partial charge is 0.288 e. The van der Waals surface area contributed by atoms with Crippen LogP contribution < -0.4 is 10.3 Å².